The number of likely N-dealkylation sites (tertiary alicyclic amines) is 1. The minimum atomic E-state index is -0.927. The molecule has 2 bridgehead atoms. The van der Waals surface area contributed by atoms with E-state index in [-0.39, 0.29) is 6.04 Å². The van der Waals surface area contributed by atoms with Crippen LogP contribution in [-0.4, -0.2) is 46.4 Å². The standard InChI is InChI=1S/C19H26N2O3/c22-18(23)20-16-8-9-21(12-16)17-10-14-6-7-15(11-17)19(14,24)13-4-2-1-3-5-13/h1-5,14-17,20,24H,6-12H2,(H,22,23)/t14?,15?,16-,17?,19?/m1/s1. The highest BCUT2D eigenvalue weighted by Gasteiger charge is 2.55. The molecule has 1 aromatic carbocycles. The third-order valence-corrected chi connectivity index (χ3v) is 6.52. The van der Waals surface area contributed by atoms with E-state index in [0.717, 1.165) is 50.8 Å². The number of hydrogen-bond acceptors (Lipinski definition) is 3. The number of rotatable bonds is 3. The Morgan fingerprint density at radius 2 is 1.79 bits per heavy atom. The van der Waals surface area contributed by atoms with Crippen molar-refractivity contribution in [3.63, 3.8) is 0 Å². The molecular formula is C19H26N2O3. The highest BCUT2D eigenvalue weighted by molar-refractivity contribution is 5.64. The molecule has 1 aromatic rings. The van der Waals surface area contributed by atoms with Gasteiger partial charge in [0.15, 0.2) is 0 Å². The lowest BCUT2D eigenvalue weighted by Gasteiger charge is -2.45. The van der Waals surface area contributed by atoms with Crippen LogP contribution in [0.15, 0.2) is 30.3 Å². The Kier molecular flexibility index (Phi) is 4.01. The number of aliphatic hydroxyl groups is 1. The summed E-state index contributed by atoms with van der Waals surface area (Å²) in [6.45, 7) is 1.76. The Morgan fingerprint density at radius 1 is 1.12 bits per heavy atom. The van der Waals surface area contributed by atoms with E-state index in [2.05, 4.69) is 22.3 Å². The molecule has 1 amide bonds. The number of carbonyl (C=O) groups is 1. The van der Waals surface area contributed by atoms with Crippen LogP contribution in [0.25, 0.3) is 0 Å². The molecule has 3 atom stereocenters. The van der Waals surface area contributed by atoms with E-state index < -0.39 is 11.7 Å². The molecule has 3 fully saturated rings. The molecule has 1 heterocycles. The fraction of sp³-hybridized carbons (Fsp3) is 0.632. The fourth-order valence-electron chi connectivity index (χ4n) is 5.41. The Morgan fingerprint density at radius 3 is 2.42 bits per heavy atom. The van der Waals surface area contributed by atoms with Gasteiger partial charge in [-0.1, -0.05) is 30.3 Å². The van der Waals surface area contributed by atoms with E-state index >= 15 is 0 Å². The Hall–Kier alpha value is -1.59. The van der Waals surface area contributed by atoms with Crippen LogP contribution in [0.1, 0.15) is 37.7 Å². The first-order valence-electron chi connectivity index (χ1n) is 9.08. The summed E-state index contributed by atoms with van der Waals surface area (Å²) in [5.74, 6) is 0.630. The van der Waals surface area contributed by atoms with Gasteiger partial charge in [-0.2, -0.15) is 0 Å². The van der Waals surface area contributed by atoms with Crippen LogP contribution in [0, 0.1) is 11.8 Å². The van der Waals surface area contributed by atoms with E-state index in [1.807, 2.05) is 18.2 Å². The molecule has 130 valence electrons. The maximum absolute atomic E-state index is 11.5. The second-order valence-electron chi connectivity index (χ2n) is 7.72. The predicted octanol–water partition coefficient (Wildman–Crippen LogP) is 2.40. The average molecular weight is 330 g/mol. The summed E-state index contributed by atoms with van der Waals surface area (Å²) in [5.41, 5.74) is 0.402. The molecule has 0 spiro atoms. The molecule has 3 N–H and O–H groups in total. The second-order valence-corrected chi connectivity index (χ2v) is 7.72. The van der Waals surface area contributed by atoms with Crippen molar-refractivity contribution in [1.29, 1.82) is 0 Å². The van der Waals surface area contributed by atoms with E-state index in [4.69, 9.17) is 5.11 Å². The lowest BCUT2D eigenvalue weighted by Crippen LogP contribution is -2.49. The summed E-state index contributed by atoms with van der Waals surface area (Å²) in [4.78, 5) is 13.3. The van der Waals surface area contributed by atoms with Gasteiger partial charge in [0.25, 0.3) is 0 Å². The van der Waals surface area contributed by atoms with Crippen LogP contribution < -0.4 is 5.32 Å². The molecule has 1 aliphatic heterocycles. The molecule has 3 aliphatic rings. The number of nitrogens with zero attached hydrogens (tertiary/aromatic N) is 1. The van der Waals surface area contributed by atoms with E-state index in [9.17, 15) is 9.90 Å². The molecule has 2 aliphatic carbocycles. The zero-order valence-corrected chi connectivity index (χ0v) is 13.9. The zero-order valence-electron chi connectivity index (χ0n) is 13.9. The van der Waals surface area contributed by atoms with E-state index in [1.54, 1.807) is 0 Å². The van der Waals surface area contributed by atoms with Crippen molar-refractivity contribution < 1.29 is 15.0 Å². The number of fused-ring (bicyclic) bond motifs is 2. The van der Waals surface area contributed by atoms with Gasteiger partial charge in [0, 0.05) is 25.2 Å². The number of amides is 1. The van der Waals surface area contributed by atoms with Crippen LogP contribution in [-0.2, 0) is 5.60 Å². The van der Waals surface area contributed by atoms with Gasteiger partial charge in [0.1, 0.15) is 0 Å². The third-order valence-electron chi connectivity index (χ3n) is 6.52. The Bertz CT molecular complexity index is 592. The van der Waals surface area contributed by atoms with Crippen molar-refractivity contribution in [2.24, 2.45) is 11.8 Å². The van der Waals surface area contributed by atoms with E-state index in [0.29, 0.717) is 17.9 Å². The lowest BCUT2D eigenvalue weighted by atomic mass is 9.68. The lowest BCUT2D eigenvalue weighted by molar-refractivity contribution is -0.0855. The number of hydrogen-bond donors (Lipinski definition) is 3. The van der Waals surface area contributed by atoms with Crippen molar-refractivity contribution in [3.8, 4) is 0 Å². The van der Waals surface area contributed by atoms with Crippen LogP contribution in [0.3, 0.4) is 0 Å². The van der Waals surface area contributed by atoms with Gasteiger partial charge < -0.3 is 15.5 Å². The molecule has 1 saturated heterocycles. The summed E-state index contributed by atoms with van der Waals surface area (Å²) < 4.78 is 0. The van der Waals surface area contributed by atoms with Crippen molar-refractivity contribution in [3.05, 3.63) is 35.9 Å². The fourth-order valence-corrected chi connectivity index (χ4v) is 5.41. The first-order valence-corrected chi connectivity index (χ1v) is 9.08. The van der Waals surface area contributed by atoms with Crippen LogP contribution in [0.4, 0.5) is 4.79 Å². The minimum absolute atomic E-state index is 0.0510. The van der Waals surface area contributed by atoms with Gasteiger partial charge in [-0.05, 0) is 49.5 Å². The molecule has 0 radical (unpaired) electrons. The molecule has 5 heteroatoms. The summed E-state index contributed by atoms with van der Waals surface area (Å²) in [7, 11) is 0. The van der Waals surface area contributed by atoms with Gasteiger partial charge >= 0.3 is 6.09 Å². The van der Waals surface area contributed by atoms with Crippen LogP contribution in [0.5, 0.6) is 0 Å². The number of benzene rings is 1. The Labute approximate surface area is 142 Å². The van der Waals surface area contributed by atoms with Gasteiger partial charge in [-0.25, -0.2) is 4.79 Å². The van der Waals surface area contributed by atoms with Crippen LogP contribution >= 0.6 is 0 Å². The summed E-state index contributed by atoms with van der Waals surface area (Å²) in [6, 6.07) is 10.7. The SMILES string of the molecule is O=C(O)N[C@@H]1CCN(C2CC3CCC(C2)C3(O)c2ccccc2)C1. The maximum Gasteiger partial charge on any atom is 0.404 e. The van der Waals surface area contributed by atoms with Crippen molar-refractivity contribution in [1.82, 2.24) is 10.2 Å². The largest absolute Gasteiger partial charge is 0.465 e. The minimum Gasteiger partial charge on any atom is -0.465 e. The van der Waals surface area contributed by atoms with Gasteiger partial charge in [-0.3, -0.25) is 4.90 Å². The molecule has 24 heavy (non-hydrogen) atoms. The highest BCUT2D eigenvalue weighted by Crippen LogP contribution is 2.56. The smallest absolute Gasteiger partial charge is 0.404 e. The first-order chi connectivity index (χ1) is 11.6. The van der Waals surface area contributed by atoms with Gasteiger partial charge in [-0.15, -0.1) is 0 Å². The quantitative estimate of drug-likeness (QED) is 0.796. The van der Waals surface area contributed by atoms with Crippen molar-refractivity contribution in [2.45, 2.75) is 49.8 Å². The molecule has 2 unspecified atom stereocenters. The van der Waals surface area contributed by atoms with Crippen molar-refractivity contribution in [2.75, 3.05) is 13.1 Å². The third kappa shape index (κ3) is 2.60. The monoisotopic (exact) mass is 330 g/mol. The normalized spacial score (nSPS) is 39.0. The van der Waals surface area contributed by atoms with E-state index in [1.165, 1.54) is 0 Å². The zero-order chi connectivity index (χ0) is 16.7. The number of carboxylic acid groups (broad SMARTS) is 1. The van der Waals surface area contributed by atoms with Gasteiger partial charge in [0.05, 0.1) is 5.60 Å². The molecule has 5 nitrogen and oxygen atoms in total. The predicted molar refractivity (Wildman–Crippen MR) is 90.7 cm³/mol. The molecule has 4 rings (SSSR count). The highest BCUT2D eigenvalue weighted by atomic mass is 16.4. The van der Waals surface area contributed by atoms with Gasteiger partial charge in [0.2, 0.25) is 0 Å². The molecular weight excluding hydrogens is 304 g/mol. The van der Waals surface area contributed by atoms with Crippen molar-refractivity contribution >= 4 is 6.09 Å². The first kappa shape index (κ1) is 15.9. The van der Waals surface area contributed by atoms with Crippen LogP contribution in [0.2, 0.25) is 0 Å². The number of nitrogens with one attached hydrogen (secondary N) is 1. The summed E-state index contributed by atoms with van der Waals surface area (Å²) in [5, 5.41) is 23.0. The summed E-state index contributed by atoms with van der Waals surface area (Å²) in [6.07, 6.45) is 4.18. The maximum atomic E-state index is 11.5. The summed E-state index contributed by atoms with van der Waals surface area (Å²) >= 11 is 0. The molecule has 0 aromatic heterocycles. The molecule has 2 saturated carbocycles. The second kappa shape index (κ2) is 6.05. The average Bonchev–Trinajstić information content (AvgIpc) is 3.06. The Balaban J connectivity index is 1.46. The topological polar surface area (TPSA) is 72.8 Å².